The van der Waals surface area contributed by atoms with E-state index in [0.717, 1.165) is 44.7 Å². The zero-order chi connectivity index (χ0) is 40.7. The van der Waals surface area contributed by atoms with Crippen molar-refractivity contribution in [2.75, 3.05) is 20.3 Å². The van der Waals surface area contributed by atoms with Gasteiger partial charge in [-0.3, -0.25) is 0 Å². The first-order valence-electron chi connectivity index (χ1n) is 20.3. The highest BCUT2D eigenvalue weighted by Gasteiger charge is 2.49. The van der Waals surface area contributed by atoms with E-state index in [2.05, 4.69) is 66.7 Å². The molecule has 0 N–H and O–H groups in total. The molecule has 1 aliphatic rings. The van der Waals surface area contributed by atoms with Crippen molar-refractivity contribution in [1.82, 2.24) is 0 Å². The summed E-state index contributed by atoms with van der Waals surface area (Å²) in [6, 6.07) is 54.9. The highest BCUT2D eigenvalue weighted by Crippen LogP contribution is 2.40. The molecule has 8 heteroatoms. The Morgan fingerprint density at radius 2 is 1.07 bits per heavy atom. The Kier molecular flexibility index (Phi) is 15.7. The van der Waals surface area contributed by atoms with Gasteiger partial charge in [0.25, 0.3) is 0 Å². The minimum absolute atomic E-state index is 0.00258. The van der Waals surface area contributed by atoms with Crippen LogP contribution in [0.25, 0.3) is 0 Å². The number of hydrogen-bond donors (Lipinski definition) is 0. The molecule has 0 unspecified atom stereocenters. The van der Waals surface area contributed by atoms with Crippen LogP contribution in [-0.4, -0.2) is 50.8 Å². The van der Waals surface area contributed by atoms with Crippen LogP contribution in [0.4, 0.5) is 0 Å². The molecule has 7 rings (SSSR count). The zero-order valence-electron chi connectivity index (χ0n) is 33.7. The van der Waals surface area contributed by atoms with Crippen LogP contribution in [0.2, 0.25) is 5.02 Å². The van der Waals surface area contributed by atoms with Gasteiger partial charge in [0, 0.05) is 12.1 Å². The van der Waals surface area contributed by atoms with Crippen molar-refractivity contribution in [2.24, 2.45) is 0 Å². The fraction of sp³-hybridized carbons (Fsp3) is 0.294. The summed E-state index contributed by atoms with van der Waals surface area (Å²) in [5.74, 6) is 0.789. The second kappa shape index (κ2) is 22.0. The highest BCUT2D eigenvalue weighted by molar-refractivity contribution is 6.31. The van der Waals surface area contributed by atoms with Gasteiger partial charge in [-0.15, -0.1) is 0 Å². The van der Waals surface area contributed by atoms with Crippen LogP contribution in [-0.2, 0) is 61.3 Å². The van der Waals surface area contributed by atoms with Gasteiger partial charge >= 0.3 is 0 Å². The topological polar surface area (TPSA) is 64.6 Å². The molecule has 6 aromatic rings. The van der Waals surface area contributed by atoms with Gasteiger partial charge in [-0.05, 0) is 70.5 Å². The average Bonchev–Trinajstić information content (AvgIpc) is 3.29. The Bertz CT molecular complexity index is 2100. The SMILES string of the molecule is CO[C@@H](C)COc1ccc(Cc2cc([C@@H]3O[C@H](COCc4ccccc4)[C@@H](OCc4ccccc4)[C@H](OCc4ccccc4)[C@H]3OCc3ccccc3)ccc2Cl)cc1. The largest absolute Gasteiger partial charge is 0.491 e. The molecular weight excluding hydrogens is 760 g/mol. The fourth-order valence-electron chi connectivity index (χ4n) is 7.17. The van der Waals surface area contributed by atoms with Gasteiger partial charge in [-0.1, -0.05) is 157 Å². The number of rotatable bonds is 20. The van der Waals surface area contributed by atoms with Gasteiger partial charge in [0.2, 0.25) is 0 Å². The maximum atomic E-state index is 7.19. The quantitative estimate of drug-likeness (QED) is 0.0761. The third-order valence-electron chi connectivity index (χ3n) is 10.5. The summed E-state index contributed by atoms with van der Waals surface area (Å²) in [4.78, 5) is 0. The van der Waals surface area contributed by atoms with Crippen molar-refractivity contribution < 1.29 is 33.2 Å². The van der Waals surface area contributed by atoms with Gasteiger partial charge in [-0.2, -0.15) is 0 Å². The van der Waals surface area contributed by atoms with Crippen LogP contribution >= 0.6 is 11.6 Å². The predicted octanol–water partition coefficient (Wildman–Crippen LogP) is 10.8. The Hall–Kier alpha value is -4.83. The lowest BCUT2D eigenvalue weighted by molar-refractivity contribution is -0.275. The summed E-state index contributed by atoms with van der Waals surface area (Å²) in [5, 5.41) is 0.671. The summed E-state index contributed by atoms with van der Waals surface area (Å²) in [5.41, 5.74) is 7.22. The molecule has 6 atom stereocenters. The molecule has 0 saturated carbocycles. The predicted molar refractivity (Wildman–Crippen MR) is 231 cm³/mol. The fourth-order valence-corrected chi connectivity index (χ4v) is 7.35. The number of hydrogen-bond acceptors (Lipinski definition) is 7. The van der Waals surface area contributed by atoms with Crippen LogP contribution in [0.3, 0.4) is 0 Å². The zero-order valence-corrected chi connectivity index (χ0v) is 34.5. The summed E-state index contributed by atoms with van der Waals surface area (Å²) >= 11 is 6.94. The Labute approximate surface area is 353 Å². The Morgan fingerprint density at radius 1 is 0.559 bits per heavy atom. The number of methoxy groups -OCH3 is 1. The molecular formula is C51H53ClO7. The molecule has 0 amide bonds. The van der Waals surface area contributed by atoms with E-state index in [4.69, 9.17) is 44.8 Å². The molecule has 59 heavy (non-hydrogen) atoms. The van der Waals surface area contributed by atoms with Crippen LogP contribution < -0.4 is 4.74 Å². The molecule has 0 aromatic heterocycles. The van der Waals surface area contributed by atoms with Gasteiger partial charge in [-0.25, -0.2) is 0 Å². The molecule has 306 valence electrons. The van der Waals surface area contributed by atoms with Crippen LogP contribution in [0, 0.1) is 0 Å². The van der Waals surface area contributed by atoms with Gasteiger partial charge in [0.15, 0.2) is 0 Å². The Morgan fingerprint density at radius 3 is 1.61 bits per heavy atom. The minimum Gasteiger partial charge on any atom is -0.491 e. The normalized spacial score (nSPS) is 19.6. The van der Waals surface area contributed by atoms with E-state index in [9.17, 15) is 0 Å². The lowest BCUT2D eigenvalue weighted by atomic mass is 9.89. The molecule has 1 aliphatic heterocycles. The molecule has 6 aromatic carbocycles. The summed E-state index contributed by atoms with van der Waals surface area (Å²) in [7, 11) is 1.68. The van der Waals surface area contributed by atoms with Gasteiger partial charge in [0.1, 0.15) is 42.9 Å². The molecule has 1 heterocycles. The van der Waals surface area contributed by atoms with Crippen molar-refractivity contribution in [1.29, 1.82) is 0 Å². The van der Waals surface area contributed by atoms with Gasteiger partial charge < -0.3 is 33.2 Å². The first-order chi connectivity index (χ1) is 29.0. The molecule has 1 fully saturated rings. The standard InChI is InChI=1S/C51H53ClO7/c1-37(53-2)31-55-45-26-23-38(24-27-45)29-44-30-43(25-28-46(44)52)48-50(57-34-41-19-11-5-12-20-41)51(58-35-42-21-13-6-14-22-42)49(56-33-40-17-9-4-10-18-40)47(59-48)36-54-32-39-15-7-3-8-16-39/h3-28,30,37,47-51H,29,31-36H2,1-2H3/t37-,47+,48-,49+,50-,51-/m0/s1. The van der Waals surface area contributed by atoms with Crippen molar-refractivity contribution in [3.63, 3.8) is 0 Å². The molecule has 0 aliphatic carbocycles. The monoisotopic (exact) mass is 812 g/mol. The van der Waals surface area contributed by atoms with Gasteiger partial charge in [0.05, 0.1) is 39.1 Å². The van der Waals surface area contributed by atoms with Crippen molar-refractivity contribution in [3.8, 4) is 5.75 Å². The van der Waals surface area contributed by atoms with E-state index < -0.39 is 30.5 Å². The number of ether oxygens (including phenoxy) is 7. The first-order valence-corrected chi connectivity index (χ1v) is 20.7. The maximum absolute atomic E-state index is 7.19. The van der Waals surface area contributed by atoms with E-state index in [1.807, 2.05) is 104 Å². The Balaban J connectivity index is 1.22. The molecule has 1 saturated heterocycles. The molecule has 0 spiro atoms. The van der Waals surface area contributed by atoms with Crippen molar-refractivity contribution >= 4 is 11.6 Å². The maximum Gasteiger partial charge on any atom is 0.119 e. The lowest BCUT2D eigenvalue weighted by Crippen LogP contribution is -2.58. The lowest BCUT2D eigenvalue weighted by Gasteiger charge is -2.46. The van der Waals surface area contributed by atoms with Crippen LogP contribution in [0.1, 0.15) is 52.0 Å². The summed E-state index contributed by atoms with van der Waals surface area (Å²) in [6.07, 6.45) is -2.07. The third kappa shape index (κ3) is 12.4. The number of halogens is 1. The molecule has 7 nitrogen and oxygen atoms in total. The smallest absolute Gasteiger partial charge is 0.119 e. The summed E-state index contributed by atoms with van der Waals surface area (Å²) in [6.45, 7) is 4.25. The van der Waals surface area contributed by atoms with E-state index in [1.54, 1.807) is 7.11 Å². The number of benzene rings is 6. The third-order valence-corrected chi connectivity index (χ3v) is 10.9. The van der Waals surface area contributed by atoms with Crippen molar-refractivity contribution in [3.05, 3.63) is 208 Å². The molecule has 0 radical (unpaired) electrons. The van der Waals surface area contributed by atoms with Crippen molar-refractivity contribution in [2.45, 2.75) is 76.4 Å². The second-order valence-corrected chi connectivity index (χ2v) is 15.3. The van der Waals surface area contributed by atoms with E-state index in [-0.39, 0.29) is 12.7 Å². The van der Waals surface area contributed by atoms with E-state index in [0.29, 0.717) is 44.5 Å². The summed E-state index contributed by atoms with van der Waals surface area (Å²) < 4.78 is 45.7. The first kappa shape index (κ1) is 42.3. The van der Waals surface area contributed by atoms with E-state index >= 15 is 0 Å². The minimum atomic E-state index is -0.565. The van der Waals surface area contributed by atoms with Crippen LogP contribution in [0.15, 0.2) is 164 Å². The van der Waals surface area contributed by atoms with E-state index in [1.165, 1.54) is 0 Å². The van der Waals surface area contributed by atoms with Crippen LogP contribution in [0.5, 0.6) is 5.75 Å². The second-order valence-electron chi connectivity index (χ2n) is 14.9. The average molecular weight is 813 g/mol. The molecule has 0 bridgehead atoms. The highest BCUT2D eigenvalue weighted by atomic mass is 35.5.